The Morgan fingerprint density at radius 2 is 2.25 bits per heavy atom. The van der Waals surface area contributed by atoms with Gasteiger partial charge in [0.25, 0.3) is 5.91 Å². The first kappa shape index (κ1) is 16.7. The molecule has 1 atom stereocenters. The molecule has 1 aromatic carbocycles. The lowest BCUT2D eigenvalue weighted by Crippen LogP contribution is -2.29. The van der Waals surface area contributed by atoms with Crippen molar-refractivity contribution >= 4 is 39.3 Å². The molecule has 0 radical (unpaired) electrons. The van der Waals surface area contributed by atoms with Crippen LogP contribution in [0.5, 0.6) is 0 Å². The summed E-state index contributed by atoms with van der Waals surface area (Å²) in [7, 11) is 1.79. The van der Waals surface area contributed by atoms with Crippen LogP contribution in [0.25, 0.3) is 21.9 Å². The quantitative estimate of drug-likeness (QED) is 0.571. The summed E-state index contributed by atoms with van der Waals surface area (Å²) in [5, 5.41) is 15.6. The number of aryl methyl sites for hydroxylation is 1. The second kappa shape index (κ2) is 6.29. The molecule has 1 amide bonds. The summed E-state index contributed by atoms with van der Waals surface area (Å²) in [5.74, 6) is 0.397. The summed E-state index contributed by atoms with van der Waals surface area (Å²) in [6.07, 6.45) is 1.15. The molecule has 2 N–H and O–H groups in total. The Labute approximate surface area is 159 Å². The van der Waals surface area contributed by atoms with Gasteiger partial charge in [0.2, 0.25) is 0 Å². The van der Waals surface area contributed by atoms with Gasteiger partial charge in [0.05, 0.1) is 17.6 Å². The maximum atomic E-state index is 13.5. The van der Waals surface area contributed by atoms with Gasteiger partial charge in [-0.3, -0.25) is 19.6 Å². The standard InChI is InChI=1S/C19H18FN7O/c1-26-15-9-12(22-18-17-14(23-24-18)3-2-7-21-17)4-5-13(15)16(25-26)19(28)27-8-6-11(20)10-27/h2-5,7,9,11H,6,8,10H2,1H3,(H2,22,23,24)/t11-/m0/s1. The fraction of sp³-hybridized carbons (Fsp3) is 0.263. The number of nitrogens with one attached hydrogen (secondary N) is 2. The predicted molar refractivity (Wildman–Crippen MR) is 103 cm³/mol. The van der Waals surface area contributed by atoms with Crippen LogP contribution in [0.1, 0.15) is 16.9 Å². The number of halogens is 1. The van der Waals surface area contributed by atoms with Crippen LogP contribution in [0.4, 0.5) is 15.9 Å². The Morgan fingerprint density at radius 1 is 1.36 bits per heavy atom. The van der Waals surface area contributed by atoms with E-state index in [-0.39, 0.29) is 12.5 Å². The maximum absolute atomic E-state index is 13.5. The average Bonchev–Trinajstić information content (AvgIpc) is 3.40. The van der Waals surface area contributed by atoms with Crippen molar-refractivity contribution in [2.75, 3.05) is 18.4 Å². The first-order valence-electron chi connectivity index (χ1n) is 9.06. The molecule has 4 heterocycles. The lowest BCUT2D eigenvalue weighted by Gasteiger charge is -2.13. The van der Waals surface area contributed by atoms with Crippen LogP contribution in [0.15, 0.2) is 36.5 Å². The van der Waals surface area contributed by atoms with Gasteiger partial charge in [-0.25, -0.2) is 4.39 Å². The smallest absolute Gasteiger partial charge is 0.275 e. The second-order valence-electron chi connectivity index (χ2n) is 6.94. The van der Waals surface area contributed by atoms with Crippen molar-refractivity contribution < 1.29 is 9.18 Å². The van der Waals surface area contributed by atoms with Crippen LogP contribution in [0.3, 0.4) is 0 Å². The molecule has 0 bridgehead atoms. The Hall–Kier alpha value is -3.49. The number of carbonyl (C=O) groups is 1. The zero-order valence-electron chi connectivity index (χ0n) is 15.2. The van der Waals surface area contributed by atoms with Crippen LogP contribution in [-0.4, -0.2) is 55.0 Å². The fourth-order valence-corrected chi connectivity index (χ4v) is 3.62. The lowest BCUT2D eigenvalue weighted by molar-refractivity contribution is 0.0778. The van der Waals surface area contributed by atoms with Crippen molar-refractivity contribution in [2.45, 2.75) is 12.6 Å². The minimum absolute atomic E-state index is 0.135. The van der Waals surface area contributed by atoms with E-state index in [0.29, 0.717) is 24.5 Å². The normalized spacial score (nSPS) is 16.9. The molecular weight excluding hydrogens is 361 g/mol. The van der Waals surface area contributed by atoms with E-state index in [9.17, 15) is 9.18 Å². The van der Waals surface area contributed by atoms with E-state index >= 15 is 0 Å². The number of hydrogen-bond acceptors (Lipinski definition) is 5. The minimum Gasteiger partial charge on any atom is -0.337 e. The Morgan fingerprint density at radius 3 is 3.07 bits per heavy atom. The molecule has 1 saturated heterocycles. The molecule has 1 aliphatic heterocycles. The molecule has 1 aliphatic rings. The van der Waals surface area contributed by atoms with Crippen molar-refractivity contribution in [2.24, 2.45) is 7.05 Å². The number of carbonyl (C=O) groups excluding carboxylic acids is 1. The molecule has 0 spiro atoms. The highest BCUT2D eigenvalue weighted by Gasteiger charge is 2.29. The fourth-order valence-electron chi connectivity index (χ4n) is 3.62. The molecule has 0 aliphatic carbocycles. The van der Waals surface area contributed by atoms with Crippen LogP contribution in [-0.2, 0) is 7.05 Å². The lowest BCUT2D eigenvalue weighted by atomic mass is 10.1. The Bertz CT molecular complexity index is 1200. The predicted octanol–water partition coefficient (Wildman–Crippen LogP) is 2.77. The zero-order chi connectivity index (χ0) is 19.3. The first-order chi connectivity index (χ1) is 13.6. The van der Waals surface area contributed by atoms with E-state index in [1.165, 1.54) is 4.90 Å². The molecule has 5 rings (SSSR count). The number of amides is 1. The van der Waals surface area contributed by atoms with E-state index in [1.54, 1.807) is 17.9 Å². The van der Waals surface area contributed by atoms with E-state index in [4.69, 9.17) is 0 Å². The molecule has 0 unspecified atom stereocenters. The van der Waals surface area contributed by atoms with Gasteiger partial charge in [0.1, 0.15) is 11.7 Å². The molecule has 28 heavy (non-hydrogen) atoms. The molecule has 3 aromatic heterocycles. The largest absolute Gasteiger partial charge is 0.337 e. The monoisotopic (exact) mass is 379 g/mol. The van der Waals surface area contributed by atoms with Gasteiger partial charge in [0, 0.05) is 30.9 Å². The van der Waals surface area contributed by atoms with Crippen molar-refractivity contribution in [3.63, 3.8) is 0 Å². The SMILES string of the molecule is Cn1nc(C(=O)N2CC[C@H](F)C2)c2ccc(Nc3n[nH]c4cccnc34)cc21. The third-order valence-electron chi connectivity index (χ3n) is 5.05. The van der Waals surface area contributed by atoms with Crippen LogP contribution < -0.4 is 5.32 Å². The zero-order valence-corrected chi connectivity index (χ0v) is 15.2. The van der Waals surface area contributed by atoms with E-state index in [1.807, 2.05) is 30.3 Å². The maximum Gasteiger partial charge on any atom is 0.275 e. The molecule has 142 valence electrons. The number of H-pyrrole nitrogens is 1. The second-order valence-corrected chi connectivity index (χ2v) is 6.94. The molecule has 4 aromatic rings. The summed E-state index contributed by atoms with van der Waals surface area (Å²) in [5.41, 5.74) is 3.55. The summed E-state index contributed by atoms with van der Waals surface area (Å²) in [4.78, 5) is 18.6. The number of pyridine rings is 1. The number of nitrogens with zero attached hydrogens (tertiary/aromatic N) is 5. The number of rotatable bonds is 3. The van der Waals surface area contributed by atoms with Crippen LogP contribution in [0, 0.1) is 0 Å². The molecule has 0 saturated carbocycles. The van der Waals surface area contributed by atoms with E-state index in [0.717, 1.165) is 27.6 Å². The highest BCUT2D eigenvalue weighted by Crippen LogP contribution is 2.27. The summed E-state index contributed by atoms with van der Waals surface area (Å²) in [6, 6.07) is 9.37. The third kappa shape index (κ3) is 2.67. The molecule has 1 fully saturated rings. The minimum atomic E-state index is -0.952. The van der Waals surface area contributed by atoms with Gasteiger partial charge in [-0.2, -0.15) is 10.2 Å². The third-order valence-corrected chi connectivity index (χ3v) is 5.05. The Kier molecular flexibility index (Phi) is 3.75. The van der Waals surface area contributed by atoms with Crippen LogP contribution in [0.2, 0.25) is 0 Å². The number of fused-ring (bicyclic) bond motifs is 2. The van der Waals surface area contributed by atoms with E-state index in [2.05, 4.69) is 25.6 Å². The number of likely N-dealkylation sites (tertiary alicyclic amines) is 1. The Balaban J connectivity index is 1.48. The van der Waals surface area contributed by atoms with Gasteiger partial charge < -0.3 is 10.2 Å². The first-order valence-corrected chi connectivity index (χ1v) is 9.06. The van der Waals surface area contributed by atoms with Gasteiger partial charge in [0.15, 0.2) is 11.5 Å². The van der Waals surface area contributed by atoms with Crippen molar-refractivity contribution in [3.05, 3.63) is 42.2 Å². The van der Waals surface area contributed by atoms with Gasteiger partial charge in [-0.1, -0.05) is 0 Å². The van der Waals surface area contributed by atoms with Crippen molar-refractivity contribution in [3.8, 4) is 0 Å². The average molecular weight is 379 g/mol. The van der Waals surface area contributed by atoms with E-state index < -0.39 is 6.17 Å². The van der Waals surface area contributed by atoms with Gasteiger partial charge >= 0.3 is 0 Å². The highest BCUT2D eigenvalue weighted by atomic mass is 19.1. The highest BCUT2D eigenvalue weighted by molar-refractivity contribution is 6.05. The molecular formula is C19H18FN7O. The number of aromatic amines is 1. The molecule has 9 heteroatoms. The topological polar surface area (TPSA) is 91.7 Å². The van der Waals surface area contributed by atoms with Crippen LogP contribution >= 0.6 is 0 Å². The summed E-state index contributed by atoms with van der Waals surface area (Å²) in [6.45, 7) is 0.562. The number of hydrogen-bond donors (Lipinski definition) is 2. The number of anilines is 2. The van der Waals surface area contributed by atoms with Crippen molar-refractivity contribution in [1.29, 1.82) is 0 Å². The van der Waals surface area contributed by atoms with Crippen molar-refractivity contribution in [1.82, 2.24) is 29.9 Å². The number of aromatic nitrogens is 5. The summed E-state index contributed by atoms with van der Waals surface area (Å²) < 4.78 is 15.1. The molecule has 8 nitrogen and oxygen atoms in total. The number of benzene rings is 1. The summed E-state index contributed by atoms with van der Waals surface area (Å²) >= 11 is 0. The van der Waals surface area contributed by atoms with Gasteiger partial charge in [-0.05, 0) is 36.8 Å². The number of alkyl halides is 1. The van der Waals surface area contributed by atoms with Gasteiger partial charge in [-0.15, -0.1) is 0 Å².